The Bertz CT molecular complexity index is 545. The molecule has 17 heavy (non-hydrogen) atoms. The van der Waals surface area contributed by atoms with Crippen LogP contribution in [0.25, 0.3) is 0 Å². The molecule has 0 amide bonds. The Labute approximate surface area is 104 Å². The Morgan fingerprint density at radius 1 is 1.53 bits per heavy atom. The third-order valence-electron chi connectivity index (χ3n) is 2.52. The van der Waals surface area contributed by atoms with Gasteiger partial charge < -0.3 is 10.7 Å². The fraction of sp³-hybridized carbons (Fsp3) is 0.333. The Morgan fingerprint density at radius 2 is 2.35 bits per heavy atom. The van der Waals surface area contributed by atoms with Crippen LogP contribution >= 0.6 is 11.3 Å². The van der Waals surface area contributed by atoms with Crippen LogP contribution in [0, 0.1) is 0 Å². The predicted molar refractivity (Wildman–Crippen MR) is 70.4 cm³/mol. The zero-order valence-electron chi connectivity index (χ0n) is 9.69. The van der Waals surface area contributed by atoms with Gasteiger partial charge in [-0.05, 0) is 17.9 Å². The Kier molecular flexibility index (Phi) is 3.58. The van der Waals surface area contributed by atoms with Gasteiger partial charge in [0, 0.05) is 11.3 Å². The van der Waals surface area contributed by atoms with Crippen LogP contribution in [0.3, 0.4) is 0 Å². The van der Waals surface area contributed by atoms with E-state index in [1.165, 1.54) is 0 Å². The van der Waals surface area contributed by atoms with Crippen molar-refractivity contribution in [3.05, 3.63) is 44.1 Å². The first-order valence-electron chi connectivity index (χ1n) is 5.60. The number of nitrogen functional groups attached to an aromatic ring is 1. The van der Waals surface area contributed by atoms with Crippen molar-refractivity contribution in [3.8, 4) is 0 Å². The van der Waals surface area contributed by atoms with Crippen LogP contribution in [-0.2, 0) is 12.8 Å². The van der Waals surface area contributed by atoms with Gasteiger partial charge in [0.1, 0.15) is 11.6 Å². The van der Waals surface area contributed by atoms with Crippen LogP contribution in [0.4, 0.5) is 5.82 Å². The van der Waals surface area contributed by atoms with E-state index in [2.05, 4.69) is 9.97 Å². The molecule has 0 aliphatic heterocycles. The molecule has 2 aromatic heterocycles. The summed E-state index contributed by atoms with van der Waals surface area (Å²) in [6, 6.07) is 3.99. The van der Waals surface area contributed by atoms with Crippen LogP contribution in [0.2, 0.25) is 0 Å². The van der Waals surface area contributed by atoms with Gasteiger partial charge in [0.15, 0.2) is 0 Å². The molecule has 3 N–H and O–H groups in total. The molecule has 2 heterocycles. The number of aromatic nitrogens is 2. The average Bonchev–Trinajstić information content (AvgIpc) is 2.76. The number of nitrogens with zero attached hydrogens (tertiary/aromatic N) is 1. The van der Waals surface area contributed by atoms with E-state index in [4.69, 9.17) is 5.73 Å². The minimum atomic E-state index is -0.106. The quantitative estimate of drug-likeness (QED) is 0.870. The summed E-state index contributed by atoms with van der Waals surface area (Å²) in [6.07, 6.45) is 2.19. The molecule has 2 rings (SSSR count). The maximum atomic E-state index is 11.8. The predicted octanol–water partition coefficient (Wildman–Crippen LogP) is 1.96. The molecular formula is C12H15N3OS. The molecule has 90 valence electrons. The molecule has 0 saturated carbocycles. The topological polar surface area (TPSA) is 71.8 Å². The third-order valence-corrected chi connectivity index (χ3v) is 3.39. The van der Waals surface area contributed by atoms with Crippen LogP contribution in [0.5, 0.6) is 0 Å². The minimum absolute atomic E-state index is 0.106. The second-order valence-electron chi connectivity index (χ2n) is 3.88. The van der Waals surface area contributed by atoms with E-state index in [1.807, 2.05) is 24.4 Å². The molecule has 5 heteroatoms. The largest absolute Gasteiger partial charge is 0.383 e. The van der Waals surface area contributed by atoms with Crippen LogP contribution in [-0.4, -0.2) is 9.97 Å². The third kappa shape index (κ3) is 2.74. The normalized spacial score (nSPS) is 10.6. The summed E-state index contributed by atoms with van der Waals surface area (Å²) in [4.78, 5) is 20.0. The molecule has 0 fully saturated rings. The molecule has 0 aromatic carbocycles. The van der Waals surface area contributed by atoms with Gasteiger partial charge in [-0.15, -0.1) is 11.3 Å². The van der Waals surface area contributed by atoms with Crippen molar-refractivity contribution in [3.63, 3.8) is 0 Å². The zero-order valence-corrected chi connectivity index (χ0v) is 10.5. The van der Waals surface area contributed by atoms with Gasteiger partial charge in [0.05, 0.1) is 5.56 Å². The van der Waals surface area contributed by atoms with Gasteiger partial charge in [0.2, 0.25) is 0 Å². The molecule has 2 aromatic rings. The van der Waals surface area contributed by atoms with Crippen LogP contribution in [0.1, 0.15) is 29.6 Å². The van der Waals surface area contributed by atoms with Gasteiger partial charge in [-0.25, -0.2) is 4.98 Å². The highest BCUT2D eigenvalue weighted by atomic mass is 32.1. The first-order valence-corrected chi connectivity index (χ1v) is 6.48. The summed E-state index contributed by atoms with van der Waals surface area (Å²) in [5.41, 5.74) is 6.30. The molecule has 0 unspecified atom stereocenters. The summed E-state index contributed by atoms with van der Waals surface area (Å²) in [7, 11) is 0. The van der Waals surface area contributed by atoms with E-state index < -0.39 is 0 Å². The number of hydrogen-bond donors (Lipinski definition) is 2. The van der Waals surface area contributed by atoms with Crippen LogP contribution in [0.15, 0.2) is 22.3 Å². The molecule has 0 aliphatic rings. The van der Waals surface area contributed by atoms with Gasteiger partial charge in [-0.3, -0.25) is 4.79 Å². The average molecular weight is 249 g/mol. The van der Waals surface area contributed by atoms with Crippen molar-refractivity contribution in [2.75, 3.05) is 5.73 Å². The second kappa shape index (κ2) is 5.14. The van der Waals surface area contributed by atoms with Crippen molar-refractivity contribution < 1.29 is 0 Å². The van der Waals surface area contributed by atoms with Crippen molar-refractivity contribution in [2.45, 2.75) is 26.2 Å². The number of anilines is 1. The lowest BCUT2D eigenvalue weighted by Gasteiger charge is -2.05. The van der Waals surface area contributed by atoms with Crippen molar-refractivity contribution in [1.29, 1.82) is 0 Å². The molecule has 0 saturated heterocycles. The zero-order chi connectivity index (χ0) is 12.3. The van der Waals surface area contributed by atoms with Crippen molar-refractivity contribution >= 4 is 17.2 Å². The summed E-state index contributed by atoms with van der Waals surface area (Å²) in [6.45, 7) is 2.01. The fourth-order valence-corrected chi connectivity index (χ4v) is 2.43. The van der Waals surface area contributed by atoms with Gasteiger partial charge >= 0.3 is 0 Å². The van der Waals surface area contributed by atoms with E-state index >= 15 is 0 Å². The lowest BCUT2D eigenvalue weighted by atomic mass is 10.2. The minimum Gasteiger partial charge on any atom is -0.383 e. The molecule has 0 bridgehead atoms. The highest BCUT2D eigenvalue weighted by Gasteiger charge is 2.08. The van der Waals surface area contributed by atoms with E-state index in [0.717, 1.165) is 11.3 Å². The number of H-pyrrole nitrogens is 1. The van der Waals surface area contributed by atoms with E-state index in [0.29, 0.717) is 30.0 Å². The van der Waals surface area contributed by atoms with Crippen molar-refractivity contribution in [2.24, 2.45) is 0 Å². The summed E-state index contributed by atoms with van der Waals surface area (Å²) in [5.74, 6) is 0.997. The molecule has 0 atom stereocenters. The summed E-state index contributed by atoms with van der Waals surface area (Å²) < 4.78 is 0. The number of aromatic amines is 1. The number of nitrogens with one attached hydrogen (secondary N) is 1. The number of nitrogens with two attached hydrogens (primary N) is 1. The fourth-order valence-electron chi connectivity index (χ4n) is 1.72. The number of rotatable bonds is 4. The highest BCUT2D eigenvalue weighted by Crippen LogP contribution is 2.13. The molecule has 0 radical (unpaired) electrons. The monoisotopic (exact) mass is 249 g/mol. The van der Waals surface area contributed by atoms with E-state index in [9.17, 15) is 4.79 Å². The number of hydrogen-bond acceptors (Lipinski definition) is 4. The molecule has 0 spiro atoms. The Morgan fingerprint density at radius 3 is 2.94 bits per heavy atom. The second-order valence-corrected chi connectivity index (χ2v) is 4.91. The SMILES string of the molecule is CCCc1c(N)nc(Cc2cccs2)[nH]c1=O. The summed E-state index contributed by atoms with van der Waals surface area (Å²) >= 11 is 1.64. The van der Waals surface area contributed by atoms with Gasteiger partial charge in [-0.1, -0.05) is 19.4 Å². The molecular weight excluding hydrogens is 234 g/mol. The van der Waals surface area contributed by atoms with Gasteiger partial charge in [0.25, 0.3) is 5.56 Å². The standard InChI is InChI=1S/C12H15N3OS/c1-2-4-9-11(13)14-10(15-12(9)16)7-8-5-3-6-17-8/h3,5-6H,2,4,7H2,1H3,(H3,13,14,15,16). The first kappa shape index (κ1) is 11.9. The summed E-state index contributed by atoms with van der Waals surface area (Å²) in [5, 5.41) is 2.00. The lowest BCUT2D eigenvalue weighted by Crippen LogP contribution is -2.19. The number of thiophene rings is 1. The van der Waals surface area contributed by atoms with Crippen LogP contribution < -0.4 is 11.3 Å². The lowest BCUT2D eigenvalue weighted by molar-refractivity contribution is 0.865. The highest BCUT2D eigenvalue weighted by molar-refractivity contribution is 7.09. The van der Waals surface area contributed by atoms with E-state index in [1.54, 1.807) is 11.3 Å². The maximum absolute atomic E-state index is 11.8. The molecule has 0 aliphatic carbocycles. The maximum Gasteiger partial charge on any atom is 0.256 e. The Balaban J connectivity index is 2.29. The smallest absolute Gasteiger partial charge is 0.256 e. The van der Waals surface area contributed by atoms with E-state index in [-0.39, 0.29) is 5.56 Å². The van der Waals surface area contributed by atoms with Crippen molar-refractivity contribution in [1.82, 2.24) is 9.97 Å². The Hall–Kier alpha value is -1.62. The molecule has 4 nitrogen and oxygen atoms in total. The first-order chi connectivity index (χ1) is 8.20. The van der Waals surface area contributed by atoms with Gasteiger partial charge in [-0.2, -0.15) is 0 Å².